The van der Waals surface area contributed by atoms with E-state index in [9.17, 15) is 14.4 Å². The predicted octanol–water partition coefficient (Wildman–Crippen LogP) is 3.81. The largest absolute Gasteiger partial charge is 0.447 e. The quantitative estimate of drug-likeness (QED) is 0.616. The zero-order chi connectivity index (χ0) is 22.8. The van der Waals surface area contributed by atoms with E-state index in [-0.39, 0.29) is 24.5 Å². The molecule has 1 saturated heterocycles. The van der Waals surface area contributed by atoms with E-state index < -0.39 is 6.09 Å². The summed E-state index contributed by atoms with van der Waals surface area (Å²) in [4.78, 5) is 45.8. The molecule has 3 heterocycles. The highest BCUT2D eigenvalue weighted by Gasteiger charge is 2.24. The SMILES string of the molecule is CC(C)OC(=O)Nc1cnc2nc(-c3cc(NC(=O)N4CCC(=O)C4)ccc3Cl)cn2c1. The number of urea groups is 1. The van der Waals surface area contributed by atoms with Crippen molar-refractivity contribution >= 4 is 46.7 Å². The molecule has 0 atom stereocenters. The molecule has 1 aliphatic rings. The number of benzene rings is 1. The fraction of sp³-hybridized carbons (Fsp3) is 0.286. The van der Waals surface area contributed by atoms with E-state index in [1.54, 1.807) is 48.8 Å². The van der Waals surface area contributed by atoms with Gasteiger partial charge in [-0.2, -0.15) is 0 Å². The lowest BCUT2D eigenvalue weighted by atomic mass is 10.1. The summed E-state index contributed by atoms with van der Waals surface area (Å²) in [7, 11) is 0. The van der Waals surface area contributed by atoms with Gasteiger partial charge in [0.05, 0.1) is 35.2 Å². The summed E-state index contributed by atoms with van der Waals surface area (Å²) >= 11 is 6.38. The zero-order valence-corrected chi connectivity index (χ0v) is 18.2. The minimum atomic E-state index is -0.576. The highest BCUT2D eigenvalue weighted by Crippen LogP contribution is 2.30. The van der Waals surface area contributed by atoms with E-state index in [2.05, 4.69) is 20.6 Å². The number of ether oxygens (including phenoxy) is 1. The van der Waals surface area contributed by atoms with E-state index in [1.165, 1.54) is 11.1 Å². The number of ketones is 1. The number of halogens is 1. The molecule has 1 fully saturated rings. The molecule has 4 rings (SSSR count). The Balaban J connectivity index is 1.55. The number of hydrogen-bond donors (Lipinski definition) is 2. The van der Waals surface area contributed by atoms with Crippen LogP contribution < -0.4 is 10.6 Å². The van der Waals surface area contributed by atoms with Gasteiger partial charge in [-0.1, -0.05) is 11.6 Å². The van der Waals surface area contributed by atoms with Gasteiger partial charge in [0, 0.05) is 36.6 Å². The number of carbonyl (C=O) groups is 3. The molecule has 32 heavy (non-hydrogen) atoms. The van der Waals surface area contributed by atoms with E-state index in [4.69, 9.17) is 16.3 Å². The molecule has 3 amide bonds. The van der Waals surface area contributed by atoms with Gasteiger partial charge in [-0.25, -0.2) is 19.6 Å². The van der Waals surface area contributed by atoms with E-state index >= 15 is 0 Å². The van der Waals surface area contributed by atoms with Crippen molar-refractivity contribution in [2.24, 2.45) is 0 Å². The Labute approximate surface area is 188 Å². The van der Waals surface area contributed by atoms with Crippen LogP contribution in [0.3, 0.4) is 0 Å². The monoisotopic (exact) mass is 456 g/mol. The minimum Gasteiger partial charge on any atom is -0.447 e. The maximum absolute atomic E-state index is 12.4. The van der Waals surface area contributed by atoms with E-state index in [0.29, 0.717) is 46.4 Å². The van der Waals surface area contributed by atoms with Crippen LogP contribution in [0.25, 0.3) is 17.0 Å². The first-order chi connectivity index (χ1) is 15.3. The first kappa shape index (κ1) is 21.6. The third-order valence-electron chi connectivity index (χ3n) is 4.71. The van der Waals surface area contributed by atoms with Crippen LogP contribution in [0, 0.1) is 0 Å². The van der Waals surface area contributed by atoms with Crippen LogP contribution in [0.4, 0.5) is 21.0 Å². The fourth-order valence-electron chi connectivity index (χ4n) is 3.25. The maximum atomic E-state index is 12.4. The topological polar surface area (TPSA) is 118 Å². The molecular formula is C21H21ClN6O4. The summed E-state index contributed by atoms with van der Waals surface area (Å²) in [5, 5.41) is 5.84. The number of nitrogens with zero attached hydrogens (tertiary/aromatic N) is 4. The van der Waals surface area contributed by atoms with Gasteiger partial charge >= 0.3 is 12.1 Å². The van der Waals surface area contributed by atoms with Crippen LogP contribution in [0.1, 0.15) is 20.3 Å². The van der Waals surface area contributed by atoms with Crippen LogP contribution in [0.2, 0.25) is 5.02 Å². The van der Waals surface area contributed by atoms with Crippen molar-refractivity contribution in [2.45, 2.75) is 26.4 Å². The van der Waals surface area contributed by atoms with Gasteiger partial charge in [0.15, 0.2) is 5.78 Å². The first-order valence-electron chi connectivity index (χ1n) is 9.98. The second-order valence-electron chi connectivity index (χ2n) is 7.59. The average Bonchev–Trinajstić information content (AvgIpc) is 3.34. The lowest BCUT2D eigenvalue weighted by Gasteiger charge is -2.16. The molecule has 2 aromatic heterocycles. The van der Waals surface area contributed by atoms with Crippen molar-refractivity contribution in [3.63, 3.8) is 0 Å². The molecule has 10 nitrogen and oxygen atoms in total. The molecular weight excluding hydrogens is 436 g/mol. The molecule has 0 saturated carbocycles. The molecule has 1 aromatic carbocycles. The Kier molecular flexibility index (Phi) is 5.95. The third-order valence-corrected chi connectivity index (χ3v) is 5.04. The third kappa shape index (κ3) is 4.80. The lowest BCUT2D eigenvalue weighted by Crippen LogP contribution is -2.33. The summed E-state index contributed by atoms with van der Waals surface area (Å²) < 4.78 is 6.72. The number of carbonyl (C=O) groups excluding carboxylic acids is 3. The molecule has 0 bridgehead atoms. The van der Waals surface area contributed by atoms with Crippen LogP contribution in [-0.4, -0.2) is 56.4 Å². The number of hydrogen-bond acceptors (Lipinski definition) is 6. The smallest absolute Gasteiger partial charge is 0.411 e. The summed E-state index contributed by atoms with van der Waals surface area (Å²) in [5.74, 6) is 0.448. The van der Waals surface area contributed by atoms with E-state index in [1.807, 2.05) is 0 Å². The lowest BCUT2D eigenvalue weighted by molar-refractivity contribution is -0.116. The minimum absolute atomic E-state index is 0.0421. The molecule has 166 valence electrons. The van der Waals surface area contributed by atoms with Crippen LogP contribution in [0.5, 0.6) is 0 Å². The van der Waals surface area contributed by atoms with Gasteiger partial charge < -0.3 is 15.0 Å². The second-order valence-corrected chi connectivity index (χ2v) is 8.00. The number of fused-ring (bicyclic) bond motifs is 1. The number of amides is 3. The van der Waals surface area contributed by atoms with Crippen molar-refractivity contribution in [3.05, 3.63) is 41.8 Å². The fourth-order valence-corrected chi connectivity index (χ4v) is 3.46. The summed E-state index contributed by atoms with van der Waals surface area (Å²) in [5.41, 5.74) is 2.11. The molecule has 11 heteroatoms. The average molecular weight is 457 g/mol. The summed E-state index contributed by atoms with van der Waals surface area (Å²) in [6.45, 7) is 4.04. The number of likely N-dealkylation sites (tertiary alicyclic amines) is 1. The van der Waals surface area contributed by atoms with Gasteiger partial charge in [-0.05, 0) is 32.0 Å². The Hall–Kier alpha value is -3.66. The van der Waals surface area contributed by atoms with Crippen molar-refractivity contribution in [3.8, 4) is 11.3 Å². The number of Topliss-reactive ketones (excluding diaryl/α,β-unsaturated/α-hetero) is 1. The second kappa shape index (κ2) is 8.83. The van der Waals surface area contributed by atoms with Crippen molar-refractivity contribution < 1.29 is 19.1 Å². The number of imidazole rings is 1. The van der Waals surface area contributed by atoms with Gasteiger partial charge in [0.2, 0.25) is 5.78 Å². The van der Waals surface area contributed by atoms with E-state index in [0.717, 1.165) is 0 Å². The summed E-state index contributed by atoms with van der Waals surface area (Å²) in [6, 6.07) is 4.70. The predicted molar refractivity (Wildman–Crippen MR) is 119 cm³/mol. The maximum Gasteiger partial charge on any atom is 0.411 e. The first-order valence-corrected chi connectivity index (χ1v) is 10.4. The zero-order valence-electron chi connectivity index (χ0n) is 17.5. The number of aromatic nitrogens is 3. The number of nitrogens with one attached hydrogen (secondary N) is 2. The Bertz CT molecular complexity index is 1210. The normalized spacial score (nSPS) is 13.6. The number of rotatable bonds is 4. The van der Waals surface area contributed by atoms with Gasteiger partial charge in [-0.3, -0.25) is 14.5 Å². The van der Waals surface area contributed by atoms with Crippen molar-refractivity contribution in [1.29, 1.82) is 0 Å². The molecule has 0 unspecified atom stereocenters. The molecule has 1 aliphatic heterocycles. The standard InChI is InChI=1S/C21H21ClN6O4/c1-12(2)32-21(31)25-14-8-23-19-26-18(11-28(19)9-14)16-7-13(3-4-17(16)22)24-20(30)27-6-5-15(29)10-27/h3-4,7-9,11-12H,5-6,10H2,1-2H3,(H,24,30)(H,25,31). The van der Waals surface area contributed by atoms with Crippen molar-refractivity contribution in [1.82, 2.24) is 19.3 Å². The van der Waals surface area contributed by atoms with Gasteiger partial charge in [0.1, 0.15) is 0 Å². The van der Waals surface area contributed by atoms with Crippen molar-refractivity contribution in [2.75, 3.05) is 23.7 Å². The van der Waals surface area contributed by atoms with Crippen LogP contribution >= 0.6 is 11.6 Å². The van der Waals surface area contributed by atoms with Crippen LogP contribution in [-0.2, 0) is 9.53 Å². The highest BCUT2D eigenvalue weighted by molar-refractivity contribution is 6.33. The molecule has 2 N–H and O–H groups in total. The Morgan fingerprint density at radius 2 is 2.00 bits per heavy atom. The molecule has 0 aliphatic carbocycles. The number of anilines is 2. The Morgan fingerprint density at radius 1 is 1.19 bits per heavy atom. The molecule has 0 spiro atoms. The van der Waals surface area contributed by atoms with Gasteiger partial charge in [-0.15, -0.1) is 0 Å². The van der Waals surface area contributed by atoms with Gasteiger partial charge in [0.25, 0.3) is 0 Å². The van der Waals surface area contributed by atoms with Crippen LogP contribution in [0.15, 0.2) is 36.8 Å². The Morgan fingerprint density at radius 3 is 2.72 bits per heavy atom. The molecule has 0 radical (unpaired) electrons. The molecule has 3 aromatic rings. The highest BCUT2D eigenvalue weighted by atomic mass is 35.5. The summed E-state index contributed by atoms with van der Waals surface area (Å²) in [6.07, 6.45) is 4.40.